The lowest BCUT2D eigenvalue weighted by Crippen LogP contribution is -2.25. The lowest BCUT2D eigenvalue weighted by molar-refractivity contribution is -0.645. The second-order valence-electron chi connectivity index (χ2n) is 4.63. The van der Waals surface area contributed by atoms with Crippen LogP contribution in [0.15, 0.2) is 60.9 Å². The number of nitrogens with zero attached hydrogens (tertiary/aromatic N) is 2. The van der Waals surface area contributed by atoms with E-state index in [1.54, 1.807) is 0 Å². The third kappa shape index (κ3) is 2.65. The van der Waals surface area contributed by atoms with Gasteiger partial charge in [0.05, 0.1) is 7.05 Å². The van der Waals surface area contributed by atoms with Gasteiger partial charge in [0.2, 0.25) is 12.1 Å². The SMILES string of the molecule is Br.C[n+]1cn(CC(=O)c2ccccc2)c2ccccc21. The van der Waals surface area contributed by atoms with Crippen molar-refractivity contribution >= 4 is 33.8 Å². The molecule has 0 saturated carbocycles. The zero-order chi connectivity index (χ0) is 13.2. The Bertz CT molecular complexity index is 735. The molecule has 0 aliphatic rings. The number of hydrogen-bond donors (Lipinski definition) is 0. The number of para-hydroxylation sites is 2. The number of benzene rings is 2. The molecule has 0 unspecified atom stereocenters. The van der Waals surface area contributed by atoms with E-state index in [1.807, 2.05) is 71.0 Å². The van der Waals surface area contributed by atoms with Gasteiger partial charge >= 0.3 is 0 Å². The van der Waals surface area contributed by atoms with Crippen molar-refractivity contribution in [2.75, 3.05) is 0 Å². The smallest absolute Gasteiger partial charge is 0.244 e. The molecule has 3 aromatic rings. The summed E-state index contributed by atoms with van der Waals surface area (Å²) in [4.78, 5) is 12.2. The predicted octanol–water partition coefficient (Wildman–Crippen LogP) is 2.93. The Morgan fingerprint density at radius 3 is 2.45 bits per heavy atom. The second kappa shape index (κ2) is 6.01. The Morgan fingerprint density at radius 2 is 1.70 bits per heavy atom. The quantitative estimate of drug-likeness (QED) is 0.535. The molecular formula is C16H16BrN2O+. The molecule has 102 valence electrons. The molecule has 0 amide bonds. The monoisotopic (exact) mass is 331 g/mol. The highest BCUT2D eigenvalue weighted by Gasteiger charge is 2.16. The predicted molar refractivity (Wildman–Crippen MR) is 84.2 cm³/mol. The van der Waals surface area contributed by atoms with Gasteiger partial charge in [0, 0.05) is 5.56 Å². The summed E-state index contributed by atoms with van der Waals surface area (Å²) in [6.45, 7) is 0.366. The highest BCUT2D eigenvalue weighted by atomic mass is 79.9. The first-order chi connectivity index (χ1) is 9.25. The Kier molecular flexibility index (Phi) is 4.35. The van der Waals surface area contributed by atoms with Gasteiger partial charge in [-0.3, -0.25) is 4.79 Å². The van der Waals surface area contributed by atoms with Crippen LogP contribution in [0, 0.1) is 0 Å². The van der Waals surface area contributed by atoms with E-state index in [9.17, 15) is 4.79 Å². The van der Waals surface area contributed by atoms with Crippen LogP contribution in [0.25, 0.3) is 11.0 Å². The van der Waals surface area contributed by atoms with Gasteiger partial charge in [0.1, 0.15) is 0 Å². The Hall–Kier alpha value is -1.94. The minimum Gasteiger partial charge on any atom is -0.290 e. The first kappa shape index (κ1) is 14.5. The summed E-state index contributed by atoms with van der Waals surface area (Å²) in [5.41, 5.74) is 2.96. The Morgan fingerprint density at radius 1 is 1.05 bits per heavy atom. The Balaban J connectivity index is 0.00000147. The standard InChI is InChI=1S/C16H15N2O.BrH/c1-17-12-18(15-10-6-5-9-14(15)17)11-16(19)13-7-3-2-4-8-13;/h2-10,12H,11H2,1H3;1H/q+1;. The minimum absolute atomic E-state index is 0. The number of fused-ring (bicyclic) bond motifs is 1. The van der Waals surface area contributed by atoms with E-state index in [4.69, 9.17) is 0 Å². The molecule has 0 saturated heterocycles. The van der Waals surface area contributed by atoms with E-state index in [-0.39, 0.29) is 22.8 Å². The van der Waals surface area contributed by atoms with Crippen LogP contribution in [0.2, 0.25) is 0 Å². The van der Waals surface area contributed by atoms with Crippen molar-refractivity contribution < 1.29 is 9.36 Å². The van der Waals surface area contributed by atoms with E-state index in [1.165, 1.54) is 0 Å². The fourth-order valence-corrected chi connectivity index (χ4v) is 2.33. The number of halogens is 1. The van der Waals surface area contributed by atoms with Crippen LogP contribution in [0.3, 0.4) is 0 Å². The molecule has 1 aromatic heterocycles. The van der Waals surface area contributed by atoms with E-state index in [0.29, 0.717) is 6.54 Å². The highest BCUT2D eigenvalue weighted by Crippen LogP contribution is 2.11. The summed E-state index contributed by atoms with van der Waals surface area (Å²) in [6, 6.07) is 17.5. The lowest BCUT2D eigenvalue weighted by atomic mass is 10.1. The van der Waals surface area contributed by atoms with E-state index in [0.717, 1.165) is 16.6 Å². The van der Waals surface area contributed by atoms with Crippen molar-refractivity contribution in [2.45, 2.75) is 6.54 Å². The summed E-state index contributed by atoms with van der Waals surface area (Å²) in [6.07, 6.45) is 1.96. The fraction of sp³-hybridized carbons (Fsp3) is 0.125. The third-order valence-electron chi connectivity index (χ3n) is 3.29. The summed E-state index contributed by atoms with van der Waals surface area (Å²) < 4.78 is 4.03. The minimum atomic E-state index is 0. The van der Waals surface area contributed by atoms with Crippen LogP contribution in [0.5, 0.6) is 0 Å². The number of Topliss-reactive ketones (excluding diaryl/α,β-unsaturated/α-hetero) is 1. The average molecular weight is 332 g/mol. The van der Waals surface area contributed by atoms with Gasteiger partial charge in [-0.05, 0) is 12.1 Å². The summed E-state index contributed by atoms with van der Waals surface area (Å²) in [5, 5.41) is 0. The summed E-state index contributed by atoms with van der Waals surface area (Å²) >= 11 is 0. The molecule has 0 bridgehead atoms. The van der Waals surface area contributed by atoms with Crippen LogP contribution in [-0.2, 0) is 13.6 Å². The van der Waals surface area contributed by atoms with Crippen molar-refractivity contribution in [2.24, 2.45) is 7.05 Å². The van der Waals surface area contributed by atoms with Crippen LogP contribution < -0.4 is 4.57 Å². The van der Waals surface area contributed by atoms with Crippen molar-refractivity contribution in [3.05, 3.63) is 66.5 Å². The maximum absolute atomic E-state index is 12.2. The number of aromatic nitrogens is 2. The number of hydrogen-bond acceptors (Lipinski definition) is 1. The third-order valence-corrected chi connectivity index (χ3v) is 3.29. The topological polar surface area (TPSA) is 25.9 Å². The molecule has 3 rings (SSSR count). The van der Waals surface area contributed by atoms with Crippen molar-refractivity contribution in [3.8, 4) is 0 Å². The van der Waals surface area contributed by atoms with Crippen molar-refractivity contribution in [3.63, 3.8) is 0 Å². The van der Waals surface area contributed by atoms with Gasteiger partial charge in [0.25, 0.3) is 0 Å². The van der Waals surface area contributed by atoms with E-state index in [2.05, 4.69) is 6.07 Å². The van der Waals surface area contributed by atoms with Gasteiger partial charge in [-0.1, -0.05) is 42.5 Å². The molecule has 1 heterocycles. The van der Waals surface area contributed by atoms with Gasteiger partial charge in [-0.15, -0.1) is 17.0 Å². The molecule has 0 N–H and O–H groups in total. The van der Waals surface area contributed by atoms with Crippen LogP contribution in [-0.4, -0.2) is 10.4 Å². The van der Waals surface area contributed by atoms with Gasteiger partial charge in [0.15, 0.2) is 17.6 Å². The number of ketones is 1. The number of rotatable bonds is 3. The Labute approximate surface area is 128 Å². The van der Waals surface area contributed by atoms with E-state index < -0.39 is 0 Å². The lowest BCUT2D eigenvalue weighted by Gasteiger charge is -1.98. The van der Waals surface area contributed by atoms with E-state index >= 15 is 0 Å². The molecule has 0 aliphatic carbocycles. The first-order valence-electron chi connectivity index (χ1n) is 6.27. The normalized spacial score (nSPS) is 10.2. The van der Waals surface area contributed by atoms with Crippen LogP contribution in [0.4, 0.5) is 0 Å². The maximum atomic E-state index is 12.2. The number of carbonyl (C=O) groups is 1. The fourth-order valence-electron chi connectivity index (χ4n) is 2.33. The molecular weight excluding hydrogens is 316 g/mol. The molecule has 20 heavy (non-hydrogen) atoms. The highest BCUT2D eigenvalue weighted by molar-refractivity contribution is 8.93. The average Bonchev–Trinajstić information content (AvgIpc) is 2.77. The van der Waals surface area contributed by atoms with Crippen LogP contribution >= 0.6 is 17.0 Å². The summed E-state index contributed by atoms with van der Waals surface area (Å²) in [7, 11) is 1.99. The molecule has 0 atom stereocenters. The van der Waals surface area contributed by atoms with Crippen LogP contribution in [0.1, 0.15) is 10.4 Å². The zero-order valence-electron chi connectivity index (χ0n) is 11.2. The maximum Gasteiger partial charge on any atom is 0.244 e. The molecule has 0 radical (unpaired) electrons. The number of imidazole rings is 1. The second-order valence-corrected chi connectivity index (χ2v) is 4.63. The molecule has 3 nitrogen and oxygen atoms in total. The molecule has 0 aliphatic heterocycles. The van der Waals surface area contributed by atoms with Crippen molar-refractivity contribution in [1.29, 1.82) is 0 Å². The number of aryl methyl sites for hydroxylation is 1. The largest absolute Gasteiger partial charge is 0.290 e. The first-order valence-corrected chi connectivity index (χ1v) is 6.27. The van der Waals surface area contributed by atoms with Gasteiger partial charge < -0.3 is 0 Å². The number of carbonyl (C=O) groups excluding carboxylic acids is 1. The summed E-state index contributed by atoms with van der Waals surface area (Å²) in [5.74, 6) is 0.127. The molecule has 0 fully saturated rings. The molecule has 4 heteroatoms. The van der Waals surface area contributed by atoms with Gasteiger partial charge in [-0.25, -0.2) is 9.13 Å². The molecule has 2 aromatic carbocycles. The van der Waals surface area contributed by atoms with Gasteiger partial charge in [-0.2, -0.15) is 0 Å². The molecule has 0 spiro atoms. The van der Waals surface area contributed by atoms with Crippen molar-refractivity contribution in [1.82, 2.24) is 4.57 Å². The zero-order valence-corrected chi connectivity index (χ0v) is 12.9.